The first-order valence-electron chi connectivity index (χ1n) is 10.2. The van der Waals surface area contributed by atoms with Gasteiger partial charge in [0.1, 0.15) is 0 Å². The second-order valence-corrected chi connectivity index (χ2v) is 5.83. The summed E-state index contributed by atoms with van der Waals surface area (Å²) in [4.78, 5) is 0. The van der Waals surface area contributed by atoms with Crippen LogP contribution in [0.15, 0.2) is 60.7 Å². The van der Waals surface area contributed by atoms with E-state index in [4.69, 9.17) is 0 Å². The smallest absolute Gasteiger partial charge is 0.00132 e. The molecule has 0 fully saturated rings. The van der Waals surface area contributed by atoms with Crippen LogP contribution < -0.4 is 0 Å². The monoisotopic (exact) mass is 344 g/mol. The molecule has 2 aliphatic rings. The zero-order valence-electron chi connectivity index (χ0n) is 17.2. The highest BCUT2D eigenvalue weighted by atomic mass is 14.3. The van der Waals surface area contributed by atoms with Crippen LogP contribution in [-0.2, 0) is 12.8 Å². The standard InChI is InChI=1S/C20H14.3C2H6/c1-3-7-17-13(5-1)9-15-11-20-16(12-19(15)17)10-14-6-2-4-8-18(14)20;3*1-2/h1-8,11-12H,9-10H2;3*1-2H3. The Kier molecular flexibility index (Phi) is 7.21. The van der Waals surface area contributed by atoms with Crippen molar-refractivity contribution in [3.63, 3.8) is 0 Å². The summed E-state index contributed by atoms with van der Waals surface area (Å²) >= 11 is 0. The van der Waals surface area contributed by atoms with Gasteiger partial charge in [0.15, 0.2) is 0 Å². The molecular weight excluding hydrogens is 312 g/mol. The predicted molar refractivity (Wildman–Crippen MR) is 117 cm³/mol. The Morgan fingerprint density at radius 1 is 0.423 bits per heavy atom. The third-order valence-electron chi connectivity index (χ3n) is 4.71. The maximum absolute atomic E-state index is 2.43. The maximum atomic E-state index is 2.43. The van der Waals surface area contributed by atoms with Crippen LogP contribution in [0.5, 0.6) is 0 Å². The lowest BCUT2D eigenvalue weighted by Gasteiger charge is -2.06. The van der Waals surface area contributed by atoms with E-state index >= 15 is 0 Å². The Balaban J connectivity index is 0.000000371. The van der Waals surface area contributed by atoms with E-state index in [9.17, 15) is 0 Å². The summed E-state index contributed by atoms with van der Waals surface area (Å²) in [7, 11) is 0. The molecule has 0 aliphatic heterocycles. The summed E-state index contributed by atoms with van der Waals surface area (Å²) in [6.45, 7) is 12.0. The van der Waals surface area contributed by atoms with E-state index in [2.05, 4.69) is 60.7 Å². The zero-order valence-corrected chi connectivity index (χ0v) is 17.2. The summed E-state index contributed by atoms with van der Waals surface area (Å²) in [5.41, 5.74) is 11.7. The molecule has 0 heterocycles. The quantitative estimate of drug-likeness (QED) is 0.268. The largest absolute Gasteiger partial charge is 0.0683 e. The van der Waals surface area contributed by atoms with E-state index in [1.807, 2.05) is 41.5 Å². The average Bonchev–Trinajstić information content (AvgIpc) is 3.28. The Bertz CT molecular complexity index is 782. The molecule has 0 amide bonds. The third kappa shape index (κ3) is 3.46. The molecule has 136 valence electrons. The summed E-state index contributed by atoms with van der Waals surface area (Å²) < 4.78 is 0. The number of hydrogen-bond donors (Lipinski definition) is 0. The van der Waals surface area contributed by atoms with Crippen molar-refractivity contribution in [3.8, 4) is 22.3 Å². The normalized spacial score (nSPS) is 11.2. The third-order valence-corrected chi connectivity index (χ3v) is 4.71. The lowest BCUT2D eigenvalue weighted by Crippen LogP contribution is -1.85. The molecule has 2 aliphatic carbocycles. The van der Waals surface area contributed by atoms with Gasteiger partial charge >= 0.3 is 0 Å². The Morgan fingerprint density at radius 3 is 1.15 bits per heavy atom. The number of hydrogen-bond acceptors (Lipinski definition) is 0. The number of fused-ring (bicyclic) bond motifs is 6. The van der Waals surface area contributed by atoms with Crippen molar-refractivity contribution >= 4 is 0 Å². The minimum Gasteiger partial charge on any atom is -0.0683 e. The highest BCUT2D eigenvalue weighted by Gasteiger charge is 2.24. The molecule has 0 saturated carbocycles. The first-order chi connectivity index (χ1) is 12.9. The second-order valence-electron chi connectivity index (χ2n) is 5.83. The molecule has 26 heavy (non-hydrogen) atoms. The van der Waals surface area contributed by atoms with Gasteiger partial charge in [-0.05, 0) is 69.5 Å². The Hall–Kier alpha value is -2.34. The fourth-order valence-corrected chi connectivity index (χ4v) is 3.77. The van der Waals surface area contributed by atoms with Gasteiger partial charge in [-0.1, -0.05) is 90.1 Å². The van der Waals surface area contributed by atoms with Crippen LogP contribution in [0.25, 0.3) is 22.3 Å². The van der Waals surface area contributed by atoms with Crippen molar-refractivity contribution in [1.29, 1.82) is 0 Å². The van der Waals surface area contributed by atoms with Crippen LogP contribution >= 0.6 is 0 Å². The summed E-state index contributed by atoms with van der Waals surface area (Å²) in [5.74, 6) is 0. The fraction of sp³-hybridized carbons (Fsp3) is 0.308. The minimum absolute atomic E-state index is 1.08. The van der Waals surface area contributed by atoms with E-state index < -0.39 is 0 Å². The molecule has 0 heteroatoms. The molecule has 0 bridgehead atoms. The molecule has 3 aromatic carbocycles. The van der Waals surface area contributed by atoms with Crippen molar-refractivity contribution in [2.45, 2.75) is 54.4 Å². The van der Waals surface area contributed by atoms with Gasteiger partial charge in [0, 0.05) is 0 Å². The molecule has 0 radical (unpaired) electrons. The Morgan fingerprint density at radius 2 is 0.769 bits per heavy atom. The van der Waals surface area contributed by atoms with Crippen LogP contribution in [0.4, 0.5) is 0 Å². The van der Waals surface area contributed by atoms with Crippen molar-refractivity contribution in [2.24, 2.45) is 0 Å². The number of rotatable bonds is 0. The highest BCUT2D eigenvalue weighted by Crippen LogP contribution is 2.44. The van der Waals surface area contributed by atoms with Crippen LogP contribution in [0.2, 0.25) is 0 Å². The molecular formula is C26H32. The molecule has 0 nitrogen and oxygen atoms in total. The summed E-state index contributed by atoms with van der Waals surface area (Å²) in [6.07, 6.45) is 2.17. The first kappa shape index (κ1) is 20.0. The van der Waals surface area contributed by atoms with Gasteiger partial charge < -0.3 is 0 Å². The molecule has 3 aromatic rings. The van der Waals surface area contributed by atoms with E-state index in [-0.39, 0.29) is 0 Å². The van der Waals surface area contributed by atoms with Crippen LogP contribution in [-0.4, -0.2) is 0 Å². The van der Waals surface area contributed by atoms with Gasteiger partial charge in [0.2, 0.25) is 0 Å². The topological polar surface area (TPSA) is 0 Å². The number of benzene rings is 3. The van der Waals surface area contributed by atoms with Gasteiger partial charge in [0.05, 0.1) is 0 Å². The van der Waals surface area contributed by atoms with Crippen LogP contribution in [0.1, 0.15) is 63.8 Å². The van der Waals surface area contributed by atoms with Gasteiger partial charge in [0.25, 0.3) is 0 Å². The van der Waals surface area contributed by atoms with Gasteiger partial charge in [-0.3, -0.25) is 0 Å². The molecule has 0 N–H and O–H groups in total. The summed E-state index contributed by atoms with van der Waals surface area (Å²) in [5, 5.41) is 0. The van der Waals surface area contributed by atoms with Crippen molar-refractivity contribution in [2.75, 3.05) is 0 Å². The van der Waals surface area contributed by atoms with E-state index in [0.29, 0.717) is 0 Å². The Labute approximate surface area is 159 Å². The molecule has 0 atom stereocenters. The van der Waals surface area contributed by atoms with Crippen molar-refractivity contribution in [1.82, 2.24) is 0 Å². The molecule has 0 unspecified atom stereocenters. The van der Waals surface area contributed by atoms with E-state index in [1.165, 1.54) is 44.5 Å². The first-order valence-corrected chi connectivity index (χ1v) is 10.2. The average molecular weight is 345 g/mol. The zero-order chi connectivity index (χ0) is 19.1. The van der Waals surface area contributed by atoms with Gasteiger partial charge in [-0.15, -0.1) is 0 Å². The lowest BCUT2D eigenvalue weighted by atomic mass is 9.98. The predicted octanol–water partition coefficient (Wildman–Crippen LogP) is 7.91. The van der Waals surface area contributed by atoms with Crippen molar-refractivity contribution in [3.05, 3.63) is 82.9 Å². The van der Waals surface area contributed by atoms with E-state index in [1.54, 1.807) is 0 Å². The fourth-order valence-electron chi connectivity index (χ4n) is 3.77. The highest BCUT2D eigenvalue weighted by molar-refractivity contribution is 5.85. The minimum atomic E-state index is 1.08. The maximum Gasteiger partial charge on any atom is -0.00132 e. The summed E-state index contributed by atoms with van der Waals surface area (Å²) in [6, 6.07) is 22.5. The van der Waals surface area contributed by atoms with Crippen molar-refractivity contribution < 1.29 is 0 Å². The lowest BCUT2D eigenvalue weighted by molar-refractivity contribution is 1.24. The van der Waals surface area contributed by atoms with Gasteiger partial charge in [-0.2, -0.15) is 0 Å². The molecule has 0 saturated heterocycles. The van der Waals surface area contributed by atoms with Crippen LogP contribution in [0, 0.1) is 0 Å². The van der Waals surface area contributed by atoms with Crippen LogP contribution in [0.3, 0.4) is 0 Å². The SMILES string of the molecule is CC.CC.CC.c1ccc2c(c1)Cc1cc3c(cc1-2)Cc1ccccc1-3. The van der Waals surface area contributed by atoms with Gasteiger partial charge in [-0.25, -0.2) is 0 Å². The molecule has 0 aromatic heterocycles. The van der Waals surface area contributed by atoms with E-state index in [0.717, 1.165) is 12.8 Å². The molecule has 5 rings (SSSR count). The molecule has 0 spiro atoms. The second kappa shape index (κ2) is 9.38.